The highest BCUT2D eigenvalue weighted by Crippen LogP contribution is 2.10. The van der Waals surface area contributed by atoms with Gasteiger partial charge in [0.15, 0.2) is 0 Å². The molecule has 108 valence electrons. The number of nitrogens with zero attached hydrogens (tertiary/aromatic N) is 1. The molecule has 2 atom stereocenters. The predicted octanol–water partition coefficient (Wildman–Crippen LogP) is -0.172. The molecule has 7 heteroatoms. The van der Waals surface area contributed by atoms with Crippen LogP contribution in [0, 0.1) is 0 Å². The largest absolute Gasteiger partial charge is 0.390 e. The number of aliphatic hydroxyl groups is 2. The number of hydrogen-bond donors (Lipinski definition) is 5. The molecule has 0 fully saturated rings. The Morgan fingerprint density at radius 1 is 1.22 bits per heavy atom. The summed E-state index contributed by atoms with van der Waals surface area (Å²) in [4.78, 5) is 10.9. The van der Waals surface area contributed by atoms with Gasteiger partial charge in [-0.25, -0.2) is 16.5 Å². The third-order valence-electron chi connectivity index (χ3n) is 2.83. The molecular formula is C11H26N4O3. The molecule has 0 aliphatic carbocycles. The summed E-state index contributed by atoms with van der Waals surface area (Å²) in [6.07, 6.45) is 3.01. The Hall–Kier alpha value is -0.890. The highest BCUT2D eigenvalue weighted by atomic mass is 16.3. The molecule has 0 heterocycles. The molecule has 0 saturated heterocycles. The smallest absolute Gasteiger partial charge is 0.345 e. The summed E-state index contributed by atoms with van der Waals surface area (Å²) in [6, 6.07) is -0.543. The van der Waals surface area contributed by atoms with Crippen LogP contribution in [0.3, 0.4) is 0 Å². The van der Waals surface area contributed by atoms with Crippen LogP contribution in [-0.2, 0) is 0 Å². The summed E-state index contributed by atoms with van der Waals surface area (Å²) < 4.78 is 0. The molecule has 0 saturated carbocycles. The standard InChI is InChI=1S/C11H26N4O3/c1-2-3-6-9(16)10(17)7-4-5-8-15(13)11(18)14-12/h9-10,16-17H,2-8,12-13H2,1H3,(H,14,18). The monoisotopic (exact) mass is 262 g/mol. The first-order valence-electron chi connectivity index (χ1n) is 6.41. The molecule has 7 N–H and O–H groups in total. The zero-order chi connectivity index (χ0) is 14.0. The Balaban J connectivity index is 3.61. The number of unbranched alkanes of at least 4 members (excludes halogenated alkanes) is 2. The van der Waals surface area contributed by atoms with Gasteiger partial charge in [-0.3, -0.25) is 10.4 Å². The van der Waals surface area contributed by atoms with Gasteiger partial charge in [0, 0.05) is 6.54 Å². The van der Waals surface area contributed by atoms with Gasteiger partial charge in [-0.1, -0.05) is 19.8 Å². The molecule has 0 aliphatic heterocycles. The van der Waals surface area contributed by atoms with Gasteiger partial charge in [0.25, 0.3) is 0 Å². The predicted molar refractivity (Wildman–Crippen MR) is 69.0 cm³/mol. The summed E-state index contributed by atoms with van der Waals surface area (Å²) >= 11 is 0. The van der Waals surface area contributed by atoms with Crippen LogP contribution in [0.4, 0.5) is 4.79 Å². The Morgan fingerprint density at radius 3 is 2.28 bits per heavy atom. The van der Waals surface area contributed by atoms with Gasteiger partial charge in [-0.2, -0.15) is 0 Å². The number of nitrogens with one attached hydrogen (secondary N) is 1. The quantitative estimate of drug-likeness (QED) is 0.171. The molecular weight excluding hydrogens is 236 g/mol. The Kier molecular flexibility index (Phi) is 9.57. The van der Waals surface area contributed by atoms with E-state index < -0.39 is 18.2 Å². The van der Waals surface area contributed by atoms with E-state index in [4.69, 9.17) is 11.7 Å². The highest BCUT2D eigenvalue weighted by molar-refractivity contribution is 5.72. The lowest BCUT2D eigenvalue weighted by Crippen LogP contribution is -2.47. The maximum Gasteiger partial charge on any atom is 0.345 e. The van der Waals surface area contributed by atoms with Crippen molar-refractivity contribution >= 4 is 6.03 Å². The number of nitrogens with two attached hydrogens (primary N) is 2. The minimum Gasteiger partial charge on any atom is -0.390 e. The maximum atomic E-state index is 10.9. The van der Waals surface area contributed by atoms with Crippen LogP contribution in [0.1, 0.15) is 45.4 Å². The van der Waals surface area contributed by atoms with Gasteiger partial charge in [0.05, 0.1) is 12.2 Å². The summed E-state index contributed by atoms with van der Waals surface area (Å²) in [5.41, 5.74) is 1.93. The van der Waals surface area contributed by atoms with E-state index in [9.17, 15) is 15.0 Å². The van der Waals surface area contributed by atoms with Gasteiger partial charge < -0.3 is 10.2 Å². The van der Waals surface area contributed by atoms with Gasteiger partial charge in [-0.15, -0.1) is 0 Å². The SMILES string of the molecule is CCCCC(O)C(O)CCCCN(N)C(=O)NN. The average Bonchev–Trinajstić information content (AvgIpc) is 2.39. The number of aliphatic hydroxyl groups excluding tert-OH is 2. The fourth-order valence-corrected chi connectivity index (χ4v) is 1.62. The van der Waals surface area contributed by atoms with Crippen molar-refractivity contribution in [2.45, 2.75) is 57.7 Å². The normalized spacial score (nSPS) is 14.1. The van der Waals surface area contributed by atoms with Crippen molar-refractivity contribution < 1.29 is 15.0 Å². The van der Waals surface area contributed by atoms with Crippen LogP contribution in [0.2, 0.25) is 0 Å². The number of rotatable bonds is 9. The Labute approximate surface area is 108 Å². The molecule has 2 unspecified atom stereocenters. The number of hydrogen-bond acceptors (Lipinski definition) is 5. The molecule has 0 bridgehead atoms. The summed E-state index contributed by atoms with van der Waals surface area (Å²) in [5, 5.41) is 20.3. The van der Waals surface area contributed by atoms with Crippen LogP contribution in [0.15, 0.2) is 0 Å². The summed E-state index contributed by atoms with van der Waals surface area (Å²) in [7, 11) is 0. The van der Waals surface area contributed by atoms with E-state index >= 15 is 0 Å². The van der Waals surface area contributed by atoms with Gasteiger partial charge in [0.2, 0.25) is 0 Å². The zero-order valence-corrected chi connectivity index (χ0v) is 11.0. The molecule has 0 aromatic rings. The van der Waals surface area contributed by atoms with Gasteiger partial charge in [0.1, 0.15) is 0 Å². The van der Waals surface area contributed by atoms with E-state index in [1.165, 1.54) is 0 Å². The first-order valence-corrected chi connectivity index (χ1v) is 6.41. The van der Waals surface area contributed by atoms with Crippen molar-refractivity contribution in [2.75, 3.05) is 6.54 Å². The minimum atomic E-state index is -0.703. The lowest BCUT2D eigenvalue weighted by atomic mass is 10.0. The van der Waals surface area contributed by atoms with Crippen molar-refractivity contribution in [2.24, 2.45) is 11.7 Å². The first kappa shape index (κ1) is 17.1. The highest BCUT2D eigenvalue weighted by Gasteiger charge is 2.15. The lowest BCUT2D eigenvalue weighted by molar-refractivity contribution is 0.00723. The van der Waals surface area contributed by atoms with Crippen LogP contribution in [0.25, 0.3) is 0 Å². The molecule has 0 spiro atoms. The van der Waals surface area contributed by atoms with Crippen molar-refractivity contribution in [3.8, 4) is 0 Å². The van der Waals surface area contributed by atoms with E-state index in [2.05, 4.69) is 0 Å². The fourth-order valence-electron chi connectivity index (χ4n) is 1.62. The molecule has 0 radical (unpaired) electrons. The number of carbonyl (C=O) groups excluding carboxylic acids is 1. The molecule has 0 rings (SSSR count). The second kappa shape index (κ2) is 10.1. The third kappa shape index (κ3) is 7.44. The number of carbonyl (C=O) groups is 1. The van der Waals surface area contributed by atoms with Gasteiger partial charge in [-0.05, 0) is 25.7 Å². The van der Waals surface area contributed by atoms with Crippen LogP contribution in [0.5, 0.6) is 0 Å². The molecule has 18 heavy (non-hydrogen) atoms. The van der Waals surface area contributed by atoms with E-state index in [-0.39, 0.29) is 0 Å². The number of amides is 2. The second-order valence-electron chi connectivity index (χ2n) is 4.42. The van der Waals surface area contributed by atoms with Crippen molar-refractivity contribution in [1.29, 1.82) is 0 Å². The van der Waals surface area contributed by atoms with Crippen molar-refractivity contribution in [1.82, 2.24) is 10.4 Å². The fraction of sp³-hybridized carbons (Fsp3) is 0.909. The first-order chi connectivity index (χ1) is 8.52. The van der Waals surface area contributed by atoms with Crippen molar-refractivity contribution in [3.63, 3.8) is 0 Å². The van der Waals surface area contributed by atoms with Crippen LogP contribution in [-0.4, -0.2) is 40.0 Å². The molecule has 2 amide bonds. The van der Waals surface area contributed by atoms with E-state index in [0.29, 0.717) is 32.2 Å². The summed E-state index contributed by atoms with van der Waals surface area (Å²) in [5.74, 6) is 10.3. The summed E-state index contributed by atoms with van der Waals surface area (Å²) in [6.45, 7) is 2.40. The topological polar surface area (TPSA) is 125 Å². The lowest BCUT2D eigenvalue weighted by Gasteiger charge is -2.18. The Bertz CT molecular complexity index is 228. The second-order valence-corrected chi connectivity index (χ2v) is 4.42. The van der Waals surface area contributed by atoms with Crippen LogP contribution < -0.4 is 17.1 Å². The molecule has 0 aliphatic rings. The average molecular weight is 262 g/mol. The zero-order valence-electron chi connectivity index (χ0n) is 11.0. The van der Waals surface area contributed by atoms with Crippen LogP contribution >= 0.6 is 0 Å². The molecule has 0 aromatic carbocycles. The van der Waals surface area contributed by atoms with Gasteiger partial charge >= 0.3 is 6.03 Å². The minimum absolute atomic E-state index is 0.362. The van der Waals surface area contributed by atoms with E-state index in [0.717, 1.165) is 17.9 Å². The maximum absolute atomic E-state index is 10.9. The number of urea groups is 1. The molecule has 7 nitrogen and oxygen atoms in total. The molecule has 0 aromatic heterocycles. The van der Waals surface area contributed by atoms with Crippen molar-refractivity contribution in [3.05, 3.63) is 0 Å². The Morgan fingerprint density at radius 2 is 1.78 bits per heavy atom. The number of hydrazine groups is 2. The van der Waals surface area contributed by atoms with E-state index in [1.807, 2.05) is 12.3 Å². The van der Waals surface area contributed by atoms with E-state index in [1.54, 1.807) is 0 Å². The third-order valence-corrected chi connectivity index (χ3v) is 2.83.